The lowest BCUT2D eigenvalue weighted by molar-refractivity contribution is 0.0983. The van der Waals surface area contributed by atoms with Crippen LogP contribution < -0.4 is 4.90 Å². The maximum Gasteiger partial charge on any atom is 0.259 e. The normalized spacial score (nSPS) is 16.0. The van der Waals surface area contributed by atoms with Gasteiger partial charge in [-0.2, -0.15) is 5.10 Å². The average Bonchev–Trinajstić information content (AvgIpc) is 3.39. The molecule has 0 saturated heterocycles. The lowest BCUT2D eigenvalue weighted by atomic mass is 10.1. The number of aryl methyl sites for hydroxylation is 2. The van der Waals surface area contributed by atoms with Crippen LogP contribution in [0.2, 0.25) is 0 Å². The number of hydrogen-bond acceptors (Lipinski definition) is 4. The van der Waals surface area contributed by atoms with Gasteiger partial charge in [-0.3, -0.25) is 9.48 Å². The first kappa shape index (κ1) is 16.7. The van der Waals surface area contributed by atoms with Gasteiger partial charge in [0, 0.05) is 18.8 Å². The zero-order chi connectivity index (χ0) is 19.4. The first-order valence-electron chi connectivity index (χ1n) is 9.34. The van der Waals surface area contributed by atoms with Crippen molar-refractivity contribution in [2.75, 3.05) is 4.90 Å². The summed E-state index contributed by atoms with van der Waals surface area (Å²) in [6.45, 7) is 3.99. The standard InChI is InChI=1S/C22H20N4O2/c1-13-11-15-7-4-5-8-18(15)26(13)22(27)16-12-17(19-9-6-10-28-19)23-21-20(16)14(2)24-25(21)3/h4-10,12-13H,11H2,1-3H3. The largest absolute Gasteiger partial charge is 0.463 e. The Morgan fingerprint density at radius 3 is 2.82 bits per heavy atom. The van der Waals surface area contributed by atoms with E-state index >= 15 is 0 Å². The number of rotatable bonds is 2. The quantitative estimate of drug-likeness (QED) is 0.531. The fourth-order valence-electron chi connectivity index (χ4n) is 4.17. The smallest absolute Gasteiger partial charge is 0.259 e. The van der Waals surface area contributed by atoms with Gasteiger partial charge in [-0.15, -0.1) is 0 Å². The Morgan fingerprint density at radius 1 is 1.21 bits per heavy atom. The number of para-hydroxylation sites is 1. The van der Waals surface area contributed by atoms with Crippen LogP contribution in [0.15, 0.2) is 53.1 Å². The van der Waals surface area contributed by atoms with E-state index in [0.29, 0.717) is 22.7 Å². The fraction of sp³-hybridized carbons (Fsp3) is 0.227. The first-order valence-corrected chi connectivity index (χ1v) is 9.34. The number of carbonyl (C=O) groups excluding carboxylic acids is 1. The highest BCUT2D eigenvalue weighted by molar-refractivity contribution is 6.15. The highest BCUT2D eigenvalue weighted by Gasteiger charge is 2.33. The van der Waals surface area contributed by atoms with Gasteiger partial charge in [0.05, 0.1) is 22.9 Å². The molecule has 0 N–H and O–H groups in total. The number of hydrogen-bond donors (Lipinski definition) is 0. The third kappa shape index (κ3) is 2.37. The molecule has 4 aromatic rings. The number of anilines is 1. The van der Waals surface area contributed by atoms with E-state index in [4.69, 9.17) is 9.40 Å². The second kappa shape index (κ2) is 6.05. The predicted molar refractivity (Wildman–Crippen MR) is 107 cm³/mol. The molecular weight excluding hydrogens is 352 g/mol. The van der Waals surface area contributed by atoms with E-state index in [-0.39, 0.29) is 11.9 Å². The molecule has 1 amide bonds. The minimum atomic E-state index is -0.0336. The lowest BCUT2D eigenvalue weighted by Crippen LogP contribution is -2.36. The van der Waals surface area contributed by atoms with Crippen molar-refractivity contribution in [2.45, 2.75) is 26.3 Å². The van der Waals surface area contributed by atoms with Crippen LogP contribution in [0, 0.1) is 6.92 Å². The van der Waals surface area contributed by atoms with Crippen molar-refractivity contribution in [3.63, 3.8) is 0 Å². The fourth-order valence-corrected chi connectivity index (χ4v) is 4.17. The Kier molecular flexibility index (Phi) is 3.62. The van der Waals surface area contributed by atoms with Gasteiger partial charge in [0.2, 0.25) is 0 Å². The van der Waals surface area contributed by atoms with E-state index in [1.54, 1.807) is 10.9 Å². The van der Waals surface area contributed by atoms with Crippen molar-refractivity contribution in [3.8, 4) is 11.5 Å². The van der Waals surface area contributed by atoms with E-state index < -0.39 is 0 Å². The van der Waals surface area contributed by atoms with Crippen molar-refractivity contribution < 1.29 is 9.21 Å². The number of benzene rings is 1. The van der Waals surface area contributed by atoms with E-state index in [1.807, 2.05) is 55.3 Å². The minimum Gasteiger partial charge on any atom is -0.463 e. The van der Waals surface area contributed by atoms with E-state index in [0.717, 1.165) is 23.2 Å². The molecule has 0 bridgehead atoms. The molecule has 1 aliphatic rings. The van der Waals surface area contributed by atoms with Gasteiger partial charge < -0.3 is 9.32 Å². The number of nitrogens with zero attached hydrogens (tertiary/aromatic N) is 4. The SMILES string of the molecule is Cc1nn(C)c2nc(-c3ccco3)cc(C(=O)N3c4ccccc4CC3C)c12. The summed E-state index contributed by atoms with van der Waals surface area (Å²) in [6.07, 6.45) is 2.46. The molecule has 1 aromatic carbocycles. The first-order chi connectivity index (χ1) is 13.5. The molecule has 6 nitrogen and oxygen atoms in total. The number of carbonyl (C=O) groups is 1. The molecule has 0 fully saturated rings. The van der Waals surface area contributed by atoms with Gasteiger partial charge in [-0.25, -0.2) is 4.98 Å². The van der Waals surface area contributed by atoms with E-state index in [1.165, 1.54) is 5.56 Å². The highest BCUT2D eigenvalue weighted by atomic mass is 16.3. The molecule has 4 heterocycles. The summed E-state index contributed by atoms with van der Waals surface area (Å²) in [5.74, 6) is 0.596. The number of pyridine rings is 1. The summed E-state index contributed by atoms with van der Waals surface area (Å²) in [6, 6.07) is 13.7. The summed E-state index contributed by atoms with van der Waals surface area (Å²) in [5, 5.41) is 5.29. The monoisotopic (exact) mass is 372 g/mol. The number of furan rings is 1. The predicted octanol–water partition coefficient (Wildman–Crippen LogP) is 4.13. The maximum absolute atomic E-state index is 13.7. The Bertz CT molecular complexity index is 1210. The van der Waals surface area contributed by atoms with Crippen LogP contribution in [0.5, 0.6) is 0 Å². The molecule has 1 atom stereocenters. The molecule has 0 saturated carbocycles. The maximum atomic E-state index is 13.7. The zero-order valence-electron chi connectivity index (χ0n) is 16.0. The van der Waals surface area contributed by atoms with E-state index in [9.17, 15) is 4.79 Å². The van der Waals surface area contributed by atoms with Crippen molar-refractivity contribution in [2.24, 2.45) is 7.05 Å². The van der Waals surface area contributed by atoms with Crippen LogP contribution >= 0.6 is 0 Å². The Morgan fingerprint density at radius 2 is 2.04 bits per heavy atom. The molecular formula is C22H20N4O2. The molecule has 5 rings (SSSR count). The molecule has 6 heteroatoms. The van der Waals surface area contributed by atoms with Crippen molar-refractivity contribution in [3.05, 3.63) is 65.5 Å². The van der Waals surface area contributed by atoms with Gasteiger partial charge in [0.1, 0.15) is 5.69 Å². The van der Waals surface area contributed by atoms with Crippen molar-refractivity contribution in [1.82, 2.24) is 14.8 Å². The second-order valence-electron chi connectivity index (χ2n) is 7.30. The molecule has 1 unspecified atom stereocenters. The second-order valence-corrected chi connectivity index (χ2v) is 7.30. The van der Waals surface area contributed by atoms with Gasteiger partial charge in [-0.05, 0) is 50.1 Å². The third-order valence-corrected chi connectivity index (χ3v) is 5.40. The van der Waals surface area contributed by atoms with Gasteiger partial charge >= 0.3 is 0 Å². The minimum absolute atomic E-state index is 0.0336. The van der Waals surface area contributed by atoms with E-state index in [2.05, 4.69) is 18.1 Å². The summed E-state index contributed by atoms with van der Waals surface area (Å²) in [5.41, 5.74) is 4.87. The molecule has 3 aromatic heterocycles. The zero-order valence-corrected chi connectivity index (χ0v) is 16.0. The average molecular weight is 372 g/mol. The molecule has 28 heavy (non-hydrogen) atoms. The van der Waals surface area contributed by atoms with Crippen LogP contribution in [-0.4, -0.2) is 26.7 Å². The Hall–Kier alpha value is -3.41. The number of aromatic nitrogens is 3. The molecule has 0 aliphatic carbocycles. The third-order valence-electron chi connectivity index (χ3n) is 5.40. The summed E-state index contributed by atoms with van der Waals surface area (Å²) >= 11 is 0. The topological polar surface area (TPSA) is 64.2 Å². The molecule has 0 radical (unpaired) electrons. The number of amides is 1. The molecule has 0 spiro atoms. The Balaban J connectivity index is 1.73. The molecule has 1 aliphatic heterocycles. The van der Waals surface area contributed by atoms with Gasteiger partial charge in [0.15, 0.2) is 11.4 Å². The van der Waals surface area contributed by atoms with Crippen LogP contribution in [0.3, 0.4) is 0 Å². The number of fused-ring (bicyclic) bond motifs is 2. The van der Waals surface area contributed by atoms with Crippen LogP contribution in [0.1, 0.15) is 28.5 Å². The van der Waals surface area contributed by atoms with Crippen molar-refractivity contribution in [1.29, 1.82) is 0 Å². The van der Waals surface area contributed by atoms with Crippen molar-refractivity contribution >= 4 is 22.6 Å². The summed E-state index contributed by atoms with van der Waals surface area (Å²) in [7, 11) is 1.84. The Labute approximate surface area is 162 Å². The molecule has 140 valence electrons. The highest BCUT2D eigenvalue weighted by Crippen LogP contribution is 2.35. The van der Waals surface area contributed by atoms with Gasteiger partial charge in [-0.1, -0.05) is 18.2 Å². The summed E-state index contributed by atoms with van der Waals surface area (Å²) < 4.78 is 7.25. The van der Waals surface area contributed by atoms with Crippen LogP contribution in [0.4, 0.5) is 5.69 Å². The lowest BCUT2D eigenvalue weighted by Gasteiger charge is -2.23. The van der Waals surface area contributed by atoms with Gasteiger partial charge in [0.25, 0.3) is 5.91 Å². The summed E-state index contributed by atoms with van der Waals surface area (Å²) in [4.78, 5) is 20.3. The van der Waals surface area contributed by atoms with Crippen LogP contribution in [0.25, 0.3) is 22.5 Å². The van der Waals surface area contributed by atoms with Crippen LogP contribution in [-0.2, 0) is 13.5 Å².